The molecular weight excluding hydrogens is 292 g/mol. The summed E-state index contributed by atoms with van der Waals surface area (Å²) in [6, 6.07) is 0. The van der Waals surface area contributed by atoms with E-state index in [-0.39, 0.29) is 16.5 Å². The zero-order chi connectivity index (χ0) is 15.8. The summed E-state index contributed by atoms with van der Waals surface area (Å²) >= 11 is 0. The molecule has 0 aromatic carbocycles. The molecule has 0 aliphatic carbocycles. The summed E-state index contributed by atoms with van der Waals surface area (Å²) in [5, 5.41) is 11.7. The highest BCUT2D eigenvalue weighted by Crippen LogP contribution is 2.25. The van der Waals surface area contributed by atoms with E-state index in [0.717, 1.165) is 6.42 Å². The molecule has 0 bridgehead atoms. The molecule has 0 saturated carbocycles. The van der Waals surface area contributed by atoms with Crippen molar-refractivity contribution >= 4 is 15.9 Å². The number of nitrogens with zero attached hydrogens (tertiary/aromatic N) is 2. The number of hydrogen-bond donors (Lipinski definition) is 2. The van der Waals surface area contributed by atoms with Crippen molar-refractivity contribution in [3.63, 3.8) is 0 Å². The van der Waals surface area contributed by atoms with Gasteiger partial charge in [-0.05, 0) is 24.7 Å². The van der Waals surface area contributed by atoms with Crippen molar-refractivity contribution in [2.45, 2.75) is 38.5 Å². The zero-order valence-corrected chi connectivity index (χ0v) is 13.4. The van der Waals surface area contributed by atoms with Crippen LogP contribution in [0.5, 0.6) is 0 Å². The number of aromatic nitrogens is 2. The molecule has 2 heterocycles. The molecule has 1 aromatic heterocycles. The minimum atomic E-state index is -3.98. The van der Waals surface area contributed by atoms with Crippen molar-refractivity contribution in [1.29, 1.82) is 0 Å². The Labute approximate surface area is 124 Å². The van der Waals surface area contributed by atoms with Gasteiger partial charge in [-0.2, -0.15) is 5.10 Å². The number of nitrogens with two attached hydrogens (primary N) is 1. The second kappa shape index (κ2) is 5.76. The van der Waals surface area contributed by atoms with Crippen LogP contribution in [-0.2, 0) is 16.4 Å². The normalized spacial score (nSPS) is 23.3. The Morgan fingerprint density at radius 1 is 1.43 bits per heavy atom. The SMILES string of the molecule is CCc1[nH]nc(C(=O)N2CCC(C)C(C)C2)c1S(N)(=O)=O. The number of rotatable bonds is 3. The number of nitrogens with one attached hydrogen (secondary N) is 1. The van der Waals surface area contributed by atoms with Crippen molar-refractivity contribution in [1.82, 2.24) is 15.1 Å². The monoisotopic (exact) mass is 314 g/mol. The molecule has 21 heavy (non-hydrogen) atoms. The van der Waals surface area contributed by atoms with Crippen LogP contribution in [0, 0.1) is 11.8 Å². The van der Waals surface area contributed by atoms with Crippen LogP contribution in [0.3, 0.4) is 0 Å². The van der Waals surface area contributed by atoms with Crippen molar-refractivity contribution < 1.29 is 13.2 Å². The Hall–Kier alpha value is -1.41. The van der Waals surface area contributed by atoms with Gasteiger partial charge in [0.05, 0.1) is 5.69 Å². The fourth-order valence-corrected chi connectivity index (χ4v) is 3.59. The number of aromatic amines is 1. The highest BCUT2D eigenvalue weighted by molar-refractivity contribution is 7.89. The second-order valence-corrected chi connectivity index (χ2v) is 7.27. The van der Waals surface area contributed by atoms with Gasteiger partial charge in [-0.1, -0.05) is 20.8 Å². The molecule has 0 radical (unpaired) electrons. The van der Waals surface area contributed by atoms with E-state index in [1.165, 1.54) is 0 Å². The van der Waals surface area contributed by atoms with E-state index in [4.69, 9.17) is 5.14 Å². The largest absolute Gasteiger partial charge is 0.337 e. The molecule has 8 heteroatoms. The molecular formula is C13H22N4O3S. The molecule has 1 aromatic rings. The predicted octanol–water partition coefficient (Wildman–Crippen LogP) is 0.738. The summed E-state index contributed by atoms with van der Waals surface area (Å²) in [5.74, 6) is 0.566. The number of piperidine rings is 1. The van der Waals surface area contributed by atoms with Crippen LogP contribution in [0.2, 0.25) is 0 Å². The predicted molar refractivity (Wildman–Crippen MR) is 78.2 cm³/mol. The molecule has 0 spiro atoms. The van der Waals surface area contributed by atoms with Crippen LogP contribution in [0.4, 0.5) is 0 Å². The van der Waals surface area contributed by atoms with Gasteiger partial charge in [0, 0.05) is 13.1 Å². The van der Waals surface area contributed by atoms with E-state index in [2.05, 4.69) is 24.0 Å². The minimum absolute atomic E-state index is 0.0869. The summed E-state index contributed by atoms with van der Waals surface area (Å²) < 4.78 is 23.5. The van der Waals surface area contributed by atoms with Crippen molar-refractivity contribution in [3.05, 3.63) is 11.4 Å². The lowest BCUT2D eigenvalue weighted by Crippen LogP contribution is -2.42. The van der Waals surface area contributed by atoms with Crippen LogP contribution in [0.1, 0.15) is 43.4 Å². The van der Waals surface area contributed by atoms with E-state index in [1.807, 2.05) is 0 Å². The second-order valence-electron chi connectivity index (χ2n) is 5.77. The fraction of sp³-hybridized carbons (Fsp3) is 0.692. The quantitative estimate of drug-likeness (QED) is 0.857. The molecule has 1 aliphatic heterocycles. The summed E-state index contributed by atoms with van der Waals surface area (Å²) in [6.07, 6.45) is 1.32. The number of primary sulfonamides is 1. The summed E-state index contributed by atoms with van der Waals surface area (Å²) in [6.45, 7) is 7.25. The maximum Gasteiger partial charge on any atom is 0.275 e. The Bertz CT molecular complexity index is 638. The van der Waals surface area contributed by atoms with E-state index >= 15 is 0 Å². The summed E-state index contributed by atoms with van der Waals surface area (Å²) in [5.41, 5.74) is 0.287. The number of sulfonamides is 1. The molecule has 7 nitrogen and oxygen atoms in total. The number of carbonyl (C=O) groups is 1. The smallest absolute Gasteiger partial charge is 0.275 e. The van der Waals surface area contributed by atoms with E-state index in [1.54, 1.807) is 11.8 Å². The highest BCUT2D eigenvalue weighted by atomic mass is 32.2. The number of aryl methyl sites for hydroxylation is 1. The van der Waals surface area contributed by atoms with Crippen molar-refractivity contribution in [3.8, 4) is 0 Å². The third-order valence-corrected chi connectivity index (χ3v) is 5.26. The first kappa shape index (κ1) is 16.0. The van der Waals surface area contributed by atoms with Gasteiger partial charge in [-0.3, -0.25) is 9.89 Å². The average molecular weight is 314 g/mol. The number of likely N-dealkylation sites (tertiary alicyclic amines) is 1. The number of amides is 1. The molecule has 1 amide bonds. The first-order valence-electron chi connectivity index (χ1n) is 7.15. The van der Waals surface area contributed by atoms with Gasteiger partial charge in [-0.15, -0.1) is 0 Å². The average Bonchev–Trinajstić information content (AvgIpc) is 2.85. The van der Waals surface area contributed by atoms with Gasteiger partial charge in [0.15, 0.2) is 5.69 Å². The van der Waals surface area contributed by atoms with E-state index in [9.17, 15) is 13.2 Å². The van der Waals surface area contributed by atoms with Gasteiger partial charge in [0.2, 0.25) is 10.0 Å². The van der Waals surface area contributed by atoms with E-state index < -0.39 is 10.0 Å². The first-order valence-corrected chi connectivity index (χ1v) is 8.69. The minimum Gasteiger partial charge on any atom is -0.337 e. The Kier molecular flexibility index (Phi) is 4.38. The van der Waals surface area contributed by atoms with Crippen LogP contribution < -0.4 is 5.14 Å². The van der Waals surface area contributed by atoms with Crippen molar-refractivity contribution in [2.24, 2.45) is 17.0 Å². The maximum atomic E-state index is 12.6. The summed E-state index contributed by atoms with van der Waals surface area (Å²) in [4.78, 5) is 14.1. The standard InChI is InChI=1S/C13H22N4O3S/c1-4-10-12(21(14,19)20)11(16-15-10)13(18)17-6-5-8(2)9(3)7-17/h8-9H,4-7H2,1-3H3,(H,15,16)(H2,14,19,20). The lowest BCUT2D eigenvalue weighted by atomic mass is 9.88. The maximum absolute atomic E-state index is 12.6. The van der Waals surface area contributed by atoms with Crippen molar-refractivity contribution in [2.75, 3.05) is 13.1 Å². The molecule has 118 valence electrons. The lowest BCUT2D eigenvalue weighted by molar-refractivity contribution is 0.0617. The Morgan fingerprint density at radius 3 is 2.62 bits per heavy atom. The first-order chi connectivity index (χ1) is 9.75. The number of H-pyrrole nitrogens is 1. The van der Waals surface area contributed by atoms with Crippen LogP contribution >= 0.6 is 0 Å². The van der Waals surface area contributed by atoms with Crippen LogP contribution in [0.15, 0.2) is 4.90 Å². The molecule has 1 aliphatic rings. The lowest BCUT2D eigenvalue weighted by Gasteiger charge is -2.35. The molecule has 1 fully saturated rings. The highest BCUT2D eigenvalue weighted by Gasteiger charge is 2.32. The van der Waals surface area contributed by atoms with Crippen LogP contribution in [-0.4, -0.2) is 42.5 Å². The Balaban J connectivity index is 2.34. The molecule has 2 unspecified atom stereocenters. The van der Waals surface area contributed by atoms with Gasteiger partial charge in [-0.25, -0.2) is 13.6 Å². The molecule has 2 atom stereocenters. The fourth-order valence-electron chi connectivity index (χ4n) is 2.66. The zero-order valence-electron chi connectivity index (χ0n) is 12.6. The van der Waals surface area contributed by atoms with Crippen LogP contribution in [0.25, 0.3) is 0 Å². The number of hydrogen-bond acceptors (Lipinski definition) is 4. The topological polar surface area (TPSA) is 109 Å². The molecule has 2 rings (SSSR count). The molecule has 3 N–H and O–H groups in total. The third kappa shape index (κ3) is 3.11. The van der Waals surface area contributed by atoms with Gasteiger partial charge >= 0.3 is 0 Å². The Morgan fingerprint density at radius 2 is 2.10 bits per heavy atom. The third-order valence-electron chi connectivity index (χ3n) is 4.25. The van der Waals surface area contributed by atoms with Gasteiger partial charge < -0.3 is 4.90 Å². The number of carbonyl (C=O) groups excluding carboxylic acids is 1. The van der Waals surface area contributed by atoms with Gasteiger partial charge in [0.25, 0.3) is 5.91 Å². The summed E-state index contributed by atoms with van der Waals surface area (Å²) in [7, 11) is -3.98. The molecule has 1 saturated heterocycles. The van der Waals surface area contributed by atoms with E-state index in [0.29, 0.717) is 37.0 Å². The van der Waals surface area contributed by atoms with Gasteiger partial charge in [0.1, 0.15) is 4.90 Å².